The second-order valence-electron chi connectivity index (χ2n) is 3.71. The molecular formula is C12H20ClN3O. The molecule has 5 heteroatoms. The van der Waals surface area contributed by atoms with Crippen molar-refractivity contribution in [1.29, 1.82) is 0 Å². The zero-order chi connectivity index (χ0) is 12.7. The lowest BCUT2D eigenvalue weighted by Crippen LogP contribution is -2.28. The molecule has 0 aromatic carbocycles. The van der Waals surface area contributed by atoms with Gasteiger partial charge in [0.15, 0.2) is 0 Å². The predicted molar refractivity (Wildman–Crippen MR) is 70.4 cm³/mol. The fourth-order valence-electron chi connectivity index (χ4n) is 1.49. The molecule has 2 N–H and O–H groups in total. The third kappa shape index (κ3) is 4.50. The van der Waals surface area contributed by atoms with Crippen LogP contribution in [-0.2, 0) is 6.54 Å². The first-order valence-electron chi connectivity index (χ1n) is 5.90. The number of rotatable bonds is 7. The SMILES string of the molecule is CCN(CC)CCOc1ncc(CN)cc1Cl. The van der Waals surface area contributed by atoms with Gasteiger partial charge in [0, 0.05) is 19.3 Å². The average Bonchev–Trinajstić information content (AvgIpc) is 2.36. The Morgan fingerprint density at radius 1 is 1.41 bits per heavy atom. The number of likely N-dealkylation sites (N-methyl/N-ethyl adjacent to an activating group) is 1. The first kappa shape index (κ1) is 14.2. The monoisotopic (exact) mass is 257 g/mol. The minimum Gasteiger partial charge on any atom is -0.475 e. The molecule has 96 valence electrons. The van der Waals surface area contributed by atoms with Crippen molar-refractivity contribution >= 4 is 11.6 Å². The van der Waals surface area contributed by atoms with Crippen molar-refractivity contribution in [2.45, 2.75) is 20.4 Å². The van der Waals surface area contributed by atoms with E-state index in [2.05, 4.69) is 23.7 Å². The van der Waals surface area contributed by atoms with Crippen LogP contribution >= 0.6 is 11.6 Å². The van der Waals surface area contributed by atoms with Crippen molar-refractivity contribution in [2.75, 3.05) is 26.2 Å². The molecule has 0 aliphatic rings. The number of nitrogens with zero attached hydrogens (tertiary/aromatic N) is 2. The molecule has 17 heavy (non-hydrogen) atoms. The minimum atomic E-state index is 0.437. The number of ether oxygens (including phenoxy) is 1. The normalized spacial score (nSPS) is 10.9. The highest BCUT2D eigenvalue weighted by Crippen LogP contribution is 2.22. The largest absolute Gasteiger partial charge is 0.475 e. The highest BCUT2D eigenvalue weighted by Gasteiger charge is 2.05. The Bertz CT molecular complexity index is 343. The van der Waals surface area contributed by atoms with Crippen molar-refractivity contribution in [2.24, 2.45) is 5.73 Å². The van der Waals surface area contributed by atoms with Crippen molar-refractivity contribution in [3.63, 3.8) is 0 Å². The van der Waals surface area contributed by atoms with Crippen LogP contribution in [0.25, 0.3) is 0 Å². The lowest BCUT2D eigenvalue weighted by molar-refractivity contribution is 0.218. The van der Waals surface area contributed by atoms with E-state index in [1.165, 1.54) is 0 Å². The second-order valence-corrected chi connectivity index (χ2v) is 4.12. The summed E-state index contributed by atoms with van der Waals surface area (Å²) in [6.07, 6.45) is 1.69. The van der Waals surface area contributed by atoms with Crippen LogP contribution in [0.5, 0.6) is 5.88 Å². The van der Waals surface area contributed by atoms with Crippen LogP contribution < -0.4 is 10.5 Å². The van der Waals surface area contributed by atoms with Crippen LogP contribution in [0.2, 0.25) is 5.02 Å². The number of halogens is 1. The zero-order valence-corrected chi connectivity index (χ0v) is 11.2. The number of pyridine rings is 1. The van der Waals surface area contributed by atoms with Crippen molar-refractivity contribution in [1.82, 2.24) is 9.88 Å². The van der Waals surface area contributed by atoms with Gasteiger partial charge >= 0.3 is 0 Å². The van der Waals surface area contributed by atoms with Crippen LogP contribution in [0.4, 0.5) is 0 Å². The van der Waals surface area contributed by atoms with E-state index in [9.17, 15) is 0 Å². The third-order valence-electron chi connectivity index (χ3n) is 2.64. The van der Waals surface area contributed by atoms with Gasteiger partial charge in [0.25, 0.3) is 0 Å². The van der Waals surface area contributed by atoms with Gasteiger partial charge in [-0.2, -0.15) is 0 Å². The van der Waals surface area contributed by atoms with Gasteiger partial charge in [0.05, 0.1) is 0 Å². The van der Waals surface area contributed by atoms with E-state index in [4.69, 9.17) is 22.1 Å². The standard InChI is InChI=1S/C12H20ClN3O/c1-3-16(4-2)5-6-17-12-11(13)7-10(8-14)9-15-12/h7,9H,3-6,8,14H2,1-2H3. The fourth-order valence-corrected chi connectivity index (χ4v) is 1.74. The Hall–Kier alpha value is -0.840. The molecule has 0 unspecified atom stereocenters. The van der Waals surface area contributed by atoms with E-state index >= 15 is 0 Å². The summed E-state index contributed by atoms with van der Waals surface area (Å²) < 4.78 is 5.54. The Balaban J connectivity index is 2.46. The van der Waals surface area contributed by atoms with Crippen molar-refractivity contribution in [3.05, 3.63) is 22.8 Å². The molecule has 0 spiro atoms. The number of hydrogen-bond donors (Lipinski definition) is 1. The summed E-state index contributed by atoms with van der Waals surface area (Å²) in [5.74, 6) is 0.482. The smallest absolute Gasteiger partial charge is 0.232 e. The minimum absolute atomic E-state index is 0.437. The lowest BCUT2D eigenvalue weighted by atomic mass is 10.3. The summed E-state index contributed by atoms with van der Waals surface area (Å²) in [6, 6.07) is 1.79. The Labute approximate surface area is 108 Å². The van der Waals surface area contributed by atoms with E-state index in [-0.39, 0.29) is 0 Å². The molecule has 0 atom stereocenters. The molecule has 0 radical (unpaired) electrons. The molecule has 1 heterocycles. The summed E-state index contributed by atoms with van der Waals surface area (Å²) in [5.41, 5.74) is 6.41. The van der Waals surface area contributed by atoms with Crippen molar-refractivity contribution in [3.8, 4) is 5.88 Å². The van der Waals surface area contributed by atoms with E-state index in [1.54, 1.807) is 12.3 Å². The van der Waals surface area contributed by atoms with Gasteiger partial charge in [0.1, 0.15) is 11.6 Å². The van der Waals surface area contributed by atoms with Gasteiger partial charge < -0.3 is 15.4 Å². The lowest BCUT2D eigenvalue weighted by Gasteiger charge is -2.18. The second kappa shape index (κ2) is 7.48. The van der Waals surface area contributed by atoms with Gasteiger partial charge in [-0.3, -0.25) is 0 Å². The van der Waals surface area contributed by atoms with Crippen LogP contribution in [0.1, 0.15) is 19.4 Å². The van der Waals surface area contributed by atoms with Gasteiger partial charge in [-0.1, -0.05) is 25.4 Å². The average molecular weight is 258 g/mol. The zero-order valence-electron chi connectivity index (χ0n) is 10.4. The number of aromatic nitrogens is 1. The molecule has 0 saturated carbocycles. The van der Waals surface area contributed by atoms with Gasteiger partial charge in [-0.15, -0.1) is 0 Å². The van der Waals surface area contributed by atoms with Crippen LogP contribution in [-0.4, -0.2) is 36.1 Å². The molecule has 0 amide bonds. The Morgan fingerprint density at radius 3 is 2.65 bits per heavy atom. The Morgan fingerprint density at radius 2 is 2.12 bits per heavy atom. The maximum Gasteiger partial charge on any atom is 0.232 e. The predicted octanol–water partition coefficient (Wildman–Crippen LogP) is 1.91. The molecule has 1 rings (SSSR count). The first-order chi connectivity index (χ1) is 8.21. The summed E-state index contributed by atoms with van der Waals surface area (Å²) in [4.78, 5) is 6.42. The molecule has 0 fully saturated rings. The molecule has 1 aromatic heterocycles. The summed E-state index contributed by atoms with van der Waals surface area (Å²) in [6.45, 7) is 8.21. The highest BCUT2D eigenvalue weighted by atomic mass is 35.5. The van der Waals surface area contributed by atoms with Crippen molar-refractivity contribution < 1.29 is 4.74 Å². The van der Waals surface area contributed by atoms with Crippen LogP contribution in [0.3, 0.4) is 0 Å². The summed E-state index contributed by atoms with van der Waals surface area (Å²) in [5, 5.41) is 0.521. The summed E-state index contributed by atoms with van der Waals surface area (Å²) in [7, 11) is 0. The molecular weight excluding hydrogens is 238 g/mol. The van der Waals surface area contributed by atoms with E-state index in [0.717, 1.165) is 25.2 Å². The molecule has 0 saturated heterocycles. The van der Waals surface area contributed by atoms with Crippen LogP contribution in [0.15, 0.2) is 12.3 Å². The quantitative estimate of drug-likeness (QED) is 0.811. The van der Waals surface area contributed by atoms with E-state index in [0.29, 0.717) is 24.1 Å². The van der Waals surface area contributed by atoms with Gasteiger partial charge in [0.2, 0.25) is 5.88 Å². The topological polar surface area (TPSA) is 51.4 Å². The molecule has 1 aromatic rings. The maximum atomic E-state index is 6.03. The number of nitrogens with two attached hydrogens (primary N) is 1. The molecule has 4 nitrogen and oxygen atoms in total. The summed E-state index contributed by atoms with van der Waals surface area (Å²) >= 11 is 6.03. The van der Waals surface area contributed by atoms with E-state index < -0.39 is 0 Å². The molecule has 0 aliphatic heterocycles. The van der Waals surface area contributed by atoms with E-state index in [1.807, 2.05) is 0 Å². The highest BCUT2D eigenvalue weighted by molar-refractivity contribution is 6.31. The van der Waals surface area contributed by atoms with Gasteiger partial charge in [-0.05, 0) is 24.7 Å². The number of hydrogen-bond acceptors (Lipinski definition) is 4. The molecule has 0 aliphatic carbocycles. The maximum absolute atomic E-state index is 6.03. The van der Waals surface area contributed by atoms with Gasteiger partial charge in [-0.25, -0.2) is 4.98 Å². The third-order valence-corrected chi connectivity index (χ3v) is 2.91. The fraction of sp³-hybridized carbons (Fsp3) is 0.583. The van der Waals surface area contributed by atoms with Crippen LogP contribution in [0, 0.1) is 0 Å². The first-order valence-corrected chi connectivity index (χ1v) is 6.28. The Kier molecular flexibility index (Phi) is 6.26. The molecule has 0 bridgehead atoms.